The number of benzene rings is 1. The van der Waals surface area contributed by atoms with Crippen LogP contribution < -0.4 is 10.1 Å². The van der Waals surface area contributed by atoms with E-state index in [1.54, 1.807) is 26.2 Å². The zero-order chi connectivity index (χ0) is 16.8. The summed E-state index contributed by atoms with van der Waals surface area (Å²) in [6.07, 6.45) is 0.943. The first kappa shape index (κ1) is 17.3. The fourth-order valence-electron chi connectivity index (χ4n) is 2.97. The van der Waals surface area contributed by atoms with Crippen LogP contribution in [0.4, 0.5) is 0 Å². The minimum Gasteiger partial charge on any atom is -0.496 e. The maximum Gasteiger partial charge on any atom is 0.225 e. The smallest absolute Gasteiger partial charge is 0.225 e. The Hall–Kier alpha value is -2.08. The van der Waals surface area contributed by atoms with Crippen molar-refractivity contribution in [2.45, 2.75) is 25.4 Å². The van der Waals surface area contributed by atoms with Gasteiger partial charge < -0.3 is 19.7 Å². The van der Waals surface area contributed by atoms with Gasteiger partial charge in [0.15, 0.2) is 0 Å². The molecule has 0 aliphatic carbocycles. The predicted molar refractivity (Wildman–Crippen MR) is 86.0 cm³/mol. The Morgan fingerprint density at radius 2 is 2.09 bits per heavy atom. The molecule has 1 fully saturated rings. The van der Waals surface area contributed by atoms with E-state index in [9.17, 15) is 9.59 Å². The summed E-state index contributed by atoms with van der Waals surface area (Å²) >= 11 is 0. The van der Waals surface area contributed by atoms with Crippen LogP contribution in [-0.4, -0.2) is 50.6 Å². The highest BCUT2D eigenvalue weighted by Crippen LogP contribution is 2.24. The van der Waals surface area contributed by atoms with Crippen molar-refractivity contribution in [1.82, 2.24) is 10.2 Å². The van der Waals surface area contributed by atoms with Gasteiger partial charge in [-0.15, -0.1) is 0 Å². The molecule has 1 aromatic carbocycles. The number of hydrogen-bond donors (Lipinski definition) is 1. The molecular weight excluding hydrogens is 296 g/mol. The number of amides is 2. The Balaban J connectivity index is 2.02. The van der Waals surface area contributed by atoms with Gasteiger partial charge in [0.25, 0.3) is 0 Å². The average molecular weight is 320 g/mol. The molecule has 1 aliphatic rings. The van der Waals surface area contributed by atoms with Crippen molar-refractivity contribution >= 4 is 11.8 Å². The van der Waals surface area contributed by atoms with Gasteiger partial charge >= 0.3 is 0 Å². The number of piperidine rings is 1. The summed E-state index contributed by atoms with van der Waals surface area (Å²) in [6, 6.07) is 7.36. The molecule has 2 amide bonds. The van der Waals surface area contributed by atoms with Gasteiger partial charge in [0.05, 0.1) is 25.7 Å². The number of hydrogen-bond acceptors (Lipinski definition) is 4. The highest BCUT2D eigenvalue weighted by molar-refractivity contribution is 5.84. The molecule has 1 aromatic rings. The van der Waals surface area contributed by atoms with Crippen LogP contribution in [0.2, 0.25) is 0 Å². The van der Waals surface area contributed by atoms with Crippen molar-refractivity contribution in [3.05, 3.63) is 29.8 Å². The first-order valence-electron chi connectivity index (χ1n) is 7.72. The van der Waals surface area contributed by atoms with Crippen molar-refractivity contribution in [3.63, 3.8) is 0 Å². The monoisotopic (exact) mass is 320 g/mol. The van der Waals surface area contributed by atoms with Gasteiger partial charge in [-0.2, -0.15) is 0 Å². The summed E-state index contributed by atoms with van der Waals surface area (Å²) < 4.78 is 10.5. The fraction of sp³-hybridized carbons (Fsp3) is 0.529. The summed E-state index contributed by atoms with van der Waals surface area (Å²) in [5.41, 5.74) is 0.923. The Morgan fingerprint density at radius 3 is 2.78 bits per heavy atom. The van der Waals surface area contributed by atoms with E-state index in [2.05, 4.69) is 5.32 Å². The van der Waals surface area contributed by atoms with Crippen molar-refractivity contribution in [2.75, 3.05) is 27.9 Å². The predicted octanol–water partition coefficient (Wildman–Crippen LogP) is 1.19. The van der Waals surface area contributed by atoms with Gasteiger partial charge in [-0.3, -0.25) is 9.59 Å². The van der Waals surface area contributed by atoms with Gasteiger partial charge in [-0.25, -0.2) is 0 Å². The third-order valence-corrected chi connectivity index (χ3v) is 4.34. The average Bonchev–Trinajstić information content (AvgIpc) is 2.57. The largest absolute Gasteiger partial charge is 0.496 e. The maximum absolute atomic E-state index is 12.6. The summed E-state index contributed by atoms with van der Waals surface area (Å²) in [5, 5.41) is 2.95. The lowest BCUT2D eigenvalue weighted by molar-refractivity contribution is -0.143. The number of carbonyl (C=O) groups is 2. The Morgan fingerprint density at radius 1 is 1.35 bits per heavy atom. The zero-order valence-corrected chi connectivity index (χ0v) is 13.9. The van der Waals surface area contributed by atoms with E-state index in [1.807, 2.05) is 24.3 Å². The van der Waals surface area contributed by atoms with E-state index in [4.69, 9.17) is 9.47 Å². The number of para-hydroxylation sites is 1. The second-order valence-corrected chi connectivity index (χ2v) is 5.70. The van der Waals surface area contributed by atoms with Crippen LogP contribution in [0, 0.1) is 5.92 Å². The number of ether oxygens (including phenoxy) is 2. The van der Waals surface area contributed by atoms with Gasteiger partial charge in [-0.05, 0) is 12.5 Å². The number of methoxy groups -OCH3 is 2. The van der Waals surface area contributed by atoms with E-state index in [0.29, 0.717) is 26.0 Å². The second kappa shape index (κ2) is 7.97. The molecule has 6 heteroatoms. The molecule has 0 saturated carbocycles. The van der Waals surface area contributed by atoms with E-state index < -0.39 is 0 Å². The number of nitrogens with one attached hydrogen (secondary N) is 1. The topological polar surface area (TPSA) is 67.9 Å². The van der Waals surface area contributed by atoms with E-state index >= 15 is 0 Å². The van der Waals surface area contributed by atoms with Crippen molar-refractivity contribution in [3.8, 4) is 5.75 Å². The molecular formula is C17H24N2O4. The quantitative estimate of drug-likeness (QED) is 0.855. The summed E-state index contributed by atoms with van der Waals surface area (Å²) in [4.78, 5) is 26.0. The van der Waals surface area contributed by atoms with Gasteiger partial charge in [0.1, 0.15) is 5.75 Å². The van der Waals surface area contributed by atoms with Crippen LogP contribution in [0.3, 0.4) is 0 Å². The third kappa shape index (κ3) is 4.01. The Kier molecular flexibility index (Phi) is 5.98. The molecule has 23 heavy (non-hydrogen) atoms. The molecule has 1 heterocycles. The third-order valence-electron chi connectivity index (χ3n) is 4.34. The minimum atomic E-state index is -0.257. The number of rotatable bonds is 6. The molecule has 1 aliphatic heterocycles. The van der Waals surface area contributed by atoms with Crippen LogP contribution >= 0.6 is 0 Å². The first-order valence-corrected chi connectivity index (χ1v) is 7.72. The molecule has 0 bridgehead atoms. The number of nitrogens with zero attached hydrogens (tertiary/aromatic N) is 1. The van der Waals surface area contributed by atoms with Gasteiger partial charge in [-0.1, -0.05) is 18.2 Å². The molecule has 0 aromatic heterocycles. The zero-order valence-electron chi connectivity index (χ0n) is 13.9. The lowest BCUT2D eigenvalue weighted by Gasteiger charge is -2.37. The molecule has 0 unspecified atom stereocenters. The first-order chi connectivity index (χ1) is 11.1. The molecule has 0 spiro atoms. The fourth-order valence-corrected chi connectivity index (χ4v) is 2.97. The summed E-state index contributed by atoms with van der Waals surface area (Å²) in [5.74, 6) is 0.489. The van der Waals surface area contributed by atoms with Crippen LogP contribution in [0.25, 0.3) is 0 Å². The molecule has 0 radical (unpaired) electrons. The molecule has 2 rings (SSSR count). The van der Waals surface area contributed by atoms with Crippen LogP contribution in [0.15, 0.2) is 24.3 Å². The summed E-state index contributed by atoms with van der Waals surface area (Å²) in [6.45, 7) is 0.756. The number of likely N-dealkylation sites (tertiary alicyclic amines) is 1. The molecule has 1 saturated heterocycles. The van der Waals surface area contributed by atoms with Gasteiger partial charge in [0.2, 0.25) is 11.8 Å². The Labute approximate surface area is 136 Å². The normalized spacial score (nSPS) is 21.2. The lowest BCUT2D eigenvalue weighted by atomic mass is 9.88. The number of carbonyl (C=O) groups excluding carboxylic acids is 2. The second-order valence-electron chi connectivity index (χ2n) is 5.70. The minimum absolute atomic E-state index is 0.0563. The lowest BCUT2D eigenvalue weighted by Crippen LogP contribution is -2.53. The molecule has 126 valence electrons. The van der Waals surface area contributed by atoms with Crippen LogP contribution in [-0.2, 0) is 20.9 Å². The van der Waals surface area contributed by atoms with E-state index in [1.165, 1.54) is 0 Å². The van der Waals surface area contributed by atoms with E-state index in [-0.39, 0.29) is 23.8 Å². The van der Waals surface area contributed by atoms with Crippen LogP contribution in [0.5, 0.6) is 5.75 Å². The highest BCUT2D eigenvalue weighted by atomic mass is 16.5. The van der Waals surface area contributed by atoms with Crippen molar-refractivity contribution < 1.29 is 19.1 Å². The maximum atomic E-state index is 12.6. The SMILES string of the molecule is COC[C@@H]1[C@H](C(=O)NCc2ccccc2OC)CCC(=O)N1C. The van der Waals surface area contributed by atoms with Crippen molar-refractivity contribution in [2.24, 2.45) is 5.92 Å². The van der Waals surface area contributed by atoms with Gasteiger partial charge in [0, 0.05) is 32.7 Å². The van der Waals surface area contributed by atoms with Crippen molar-refractivity contribution in [1.29, 1.82) is 0 Å². The Bertz CT molecular complexity index is 561. The highest BCUT2D eigenvalue weighted by Gasteiger charge is 2.37. The van der Waals surface area contributed by atoms with E-state index in [0.717, 1.165) is 11.3 Å². The molecule has 6 nitrogen and oxygen atoms in total. The number of likely N-dealkylation sites (N-methyl/N-ethyl adjacent to an activating group) is 1. The summed E-state index contributed by atoms with van der Waals surface area (Å²) in [7, 11) is 4.92. The molecule has 1 N–H and O–H groups in total. The van der Waals surface area contributed by atoms with Crippen LogP contribution in [0.1, 0.15) is 18.4 Å². The standard InChI is InChI=1S/C17H24N2O4/c1-19-14(11-22-2)13(8-9-16(19)20)17(21)18-10-12-6-4-5-7-15(12)23-3/h4-7,13-14H,8-11H2,1-3H3,(H,18,21)/t13-,14-/m1/s1. The molecule has 2 atom stereocenters.